The third-order valence-corrected chi connectivity index (χ3v) is 4.71. The van der Waals surface area contributed by atoms with E-state index in [0.29, 0.717) is 23.4 Å². The highest BCUT2D eigenvalue weighted by atomic mass is 35.5. The van der Waals surface area contributed by atoms with E-state index < -0.39 is 21.7 Å². The van der Waals surface area contributed by atoms with Gasteiger partial charge in [0.05, 0.1) is 5.69 Å². The summed E-state index contributed by atoms with van der Waals surface area (Å²) in [6.07, 6.45) is 0.401. The normalized spacial score (nSPS) is 11.0. The summed E-state index contributed by atoms with van der Waals surface area (Å²) in [6, 6.07) is 18.2. The SMILES string of the molecule is CCc1c(O)c(C(=O)C(Cl)Cl)c(=O)n(-c2ccccc2)c1-c1ccccc1. The van der Waals surface area contributed by atoms with E-state index in [-0.39, 0.29) is 5.75 Å². The molecule has 2 aromatic carbocycles. The number of ketones is 1. The Labute approximate surface area is 166 Å². The molecule has 0 aliphatic carbocycles. The highest BCUT2D eigenvalue weighted by Crippen LogP contribution is 2.34. The fourth-order valence-corrected chi connectivity index (χ4v) is 3.32. The lowest BCUT2D eigenvalue weighted by Crippen LogP contribution is -2.30. The quantitative estimate of drug-likeness (QED) is 0.495. The zero-order valence-electron chi connectivity index (χ0n) is 14.5. The summed E-state index contributed by atoms with van der Waals surface area (Å²) in [6.45, 7) is 1.84. The number of nitrogens with zero attached hydrogens (tertiary/aromatic N) is 1. The van der Waals surface area contributed by atoms with E-state index in [1.165, 1.54) is 4.57 Å². The smallest absolute Gasteiger partial charge is 0.270 e. The van der Waals surface area contributed by atoms with Crippen molar-refractivity contribution >= 4 is 29.0 Å². The number of para-hydroxylation sites is 1. The largest absolute Gasteiger partial charge is 0.507 e. The molecule has 0 radical (unpaired) electrons. The Morgan fingerprint density at radius 2 is 1.59 bits per heavy atom. The van der Waals surface area contributed by atoms with Crippen molar-refractivity contribution in [3.05, 3.63) is 82.1 Å². The van der Waals surface area contributed by atoms with Crippen LogP contribution >= 0.6 is 23.2 Å². The van der Waals surface area contributed by atoms with Crippen LogP contribution in [0, 0.1) is 0 Å². The van der Waals surface area contributed by atoms with Crippen LogP contribution in [0.2, 0.25) is 0 Å². The fraction of sp³-hybridized carbons (Fsp3) is 0.143. The standard InChI is InChI=1S/C21H17Cl2NO3/c1-2-15-17(13-9-5-3-6-10-13)24(14-11-7-4-8-12-14)21(27)16(18(15)25)19(26)20(22)23/h3-12,20,25H,2H2,1H3. The molecule has 138 valence electrons. The lowest BCUT2D eigenvalue weighted by molar-refractivity contribution is 0.100. The third-order valence-electron chi connectivity index (χ3n) is 4.31. The molecule has 27 heavy (non-hydrogen) atoms. The summed E-state index contributed by atoms with van der Waals surface area (Å²) in [5.74, 6) is -1.19. The van der Waals surface area contributed by atoms with Crippen LogP contribution in [0.15, 0.2) is 65.5 Å². The van der Waals surface area contributed by atoms with E-state index in [9.17, 15) is 14.7 Å². The average Bonchev–Trinajstić information content (AvgIpc) is 2.68. The first-order valence-electron chi connectivity index (χ1n) is 8.41. The van der Waals surface area contributed by atoms with Gasteiger partial charge in [-0.3, -0.25) is 14.2 Å². The molecule has 0 atom stereocenters. The Bertz CT molecular complexity index is 1030. The molecule has 0 aliphatic rings. The van der Waals surface area contributed by atoms with Gasteiger partial charge in [0.15, 0.2) is 4.84 Å². The van der Waals surface area contributed by atoms with Gasteiger partial charge in [-0.25, -0.2) is 0 Å². The van der Waals surface area contributed by atoms with E-state index in [1.54, 1.807) is 24.3 Å². The maximum atomic E-state index is 13.3. The molecule has 0 saturated heterocycles. The summed E-state index contributed by atoms with van der Waals surface area (Å²) in [5, 5.41) is 10.8. The summed E-state index contributed by atoms with van der Waals surface area (Å²) in [5.41, 5.74) is 1.27. The molecule has 0 spiro atoms. The van der Waals surface area contributed by atoms with Gasteiger partial charge in [-0.2, -0.15) is 0 Å². The molecule has 0 unspecified atom stereocenters. The van der Waals surface area contributed by atoms with Crippen LogP contribution in [0.25, 0.3) is 16.9 Å². The van der Waals surface area contributed by atoms with Crippen LogP contribution in [0.5, 0.6) is 5.75 Å². The zero-order chi connectivity index (χ0) is 19.6. The predicted octanol–water partition coefficient (Wildman–Crippen LogP) is 4.76. The molecule has 1 aromatic heterocycles. The molecule has 0 aliphatic heterocycles. The second-order valence-electron chi connectivity index (χ2n) is 5.91. The number of aromatic hydroxyl groups is 1. The van der Waals surface area contributed by atoms with E-state index in [4.69, 9.17) is 23.2 Å². The molecule has 1 N–H and O–H groups in total. The topological polar surface area (TPSA) is 59.3 Å². The van der Waals surface area contributed by atoms with Crippen LogP contribution in [0.3, 0.4) is 0 Å². The molecule has 0 amide bonds. The van der Waals surface area contributed by atoms with Crippen molar-refractivity contribution in [1.29, 1.82) is 0 Å². The third kappa shape index (κ3) is 3.51. The highest BCUT2D eigenvalue weighted by Gasteiger charge is 2.29. The van der Waals surface area contributed by atoms with Gasteiger partial charge in [-0.15, -0.1) is 0 Å². The molecular formula is C21H17Cl2NO3. The van der Waals surface area contributed by atoms with Gasteiger partial charge in [0.2, 0.25) is 5.78 Å². The average molecular weight is 402 g/mol. The number of benzene rings is 2. The predicted molar refractivity (Wildman–Crippen MR) is 108 cm³/mol. The number of halogens is 2. The fourth-order valence-electron chi connectivity index (χ4n) is 3.10. The maximum absolute atomic E-state index is 13.3. The number of aromatic nitrogens is 1. The first kappa shape index (κ1) is 19.2. The van der Waals surface area contributed by atoms with Crippen LogP contribution in [0.1, 0.15) is 22.8 Å². The summed E-state index contributed by atoms with van der Waals surface area (Å²) >= 11 is 11.4. The van der Waals surface area contributed by atoms with Crippen molar-refractivity contribution < 1.29 is 9.90 Å². The number of alkyl halides is 2. The van der Waals surface area contributed by atoms with E-state index in [1.807, 2.05) is 43.3 Å². The molecule has 3 rings (SSSR count). The molecular weight excluding hydrogens is 385 g/mol. The molecule has 0 bridgehead atoms. The van der Waals surface area contributed by atoms with Crippen LogP contribution in [-0.4, -0.2) is 20.3 Å². The van der Waals surface area contributed by atoms with E-state index in [0.717, 1.165) is 5.56 Å². The van der Waals surface area contributed by atoms with Crippen molar-refractivity contribution in [2.24, 2.45) is 0 Å². The van der Waals surface area contributed by atoms with Gasteiger partial charge < -0.3 is 5.11 Å². The molecule has 0 fully saturated rings. The van der Waals surface area contributed by atoms with Crippen molar-refractivity contribution in [2.75, 3.05) is 0 Å². The Kier molecular flexibility index (Phi) is 5.68. The molecule has 0 saturated carbocycles. The first-order valence-corrected chi connectivity index (χ1v) is 9.28. The Hall–Kier alpha value is -2.56. The Morgan fingerprint density at radius 1 is 1.04 bits per heavy atom. The molecule has 6 heteroatoms. The van der Waals surface area contributed by atoms with Gasteiger partial charge in [0.25, 0.3) is 5.56 Å². The second kappa shape index (κ2) is 7.99. The van der Waals surface area contributed by atoms with Gasteiger partial charge in [0.1, 0.15) is 11.3 Å². The summed E-state index contributed by atoms with van der Waals surface area (Å²) in [7, 11) is 0. The molecule has 4 nitrogen and oxygen atoms in total. The molecule has 3 aromatic rings. The number of pyridine rings is 1. The number of carbonyl (C=O) groups excluding carboxylic acids is 1. The summed E-state index contributed by atoms with van der Waals surface area (Å²) in [4.78, 5) is 24.3. The number of Topliss-reactive ketones (excluding diaryl/α,β-unsaturated/α-hetero) is 1. The minimum atomic E-state index is -1.44. The van der Waals surface area contributed by atoms with Crippen molar-refractivity contribution in [2.45, 2.75) is 18.2 Å². The lowest BCUT2D eigenvalue weighted by Gasteiger charge is -2.20. The second-order valence-corrected chi connectivity index (χ2v) is 7.01. The number of hydrogen-bond donors (Lipinski definition) is 1. The Morgan fingerprint density at radius 3 is 2.11 bits per heavy atom. The highest BCUT2D eigenvalue weighted by molar-refractivity contribution is 6.55. The lowest BCUT2D eigenvalue weighted by atomic mass is 9.98. The number of carbonyl (C=O) groups is 1. The van der Waals surface area contributed by atoms with Crippen molar-refractivity contribution in [3.63, 3.8) is 0 Å². The van der Waals surface area contributed by atoms with Gasteiger partial charge in [-0.05, 0) is 24.1 Å². The van der Waals surface area contributed by atoms with Crippen LogP contribution < -0.4 is 5.56 Å². The minimum Gasteiger partial charge on any atom is -0.507 e. The number of hydrogen-bond acceptors (Lipinski definition) is 3. The van der Waals surface area contributed by atoms with Gasteiger partial charge in [-0.1, -0.05) is 78.7 Å². The maximum Gasteiger partial charge on any atom is 0.270 e. The Balaban J connectivity index is 2.50. The van der Waals surface area contributed by atoms with Crippen molar-refractivity contribution in [1.82, 2.24) is 4.57 Å². The summed E-state index contributed by atoms with van der Waals surface area (Å²) < 4.78 is 1.43. The molecule has 1 heterocycles. The van der Waals surface area contributed by atoms with Crippen LogP contribution in [-0.2, 0) is 6.42 Å². The van der Waals surface area contributed by atoms with Crippen molar-refractivity contribution in [3.8, 4) is 22.7 Å². The van der Waals surface area contributed by atoms with Crippen LogP contribution in [0.4, 0.5) is 0 Å². The first-order chi connectivity index (χ1) is 13.0. The zero-order valence-corrected chi connectivity index (χ0v) is 16.0. The minimum absolute atomic E-state index is 0.371. The van der Waals surface area contributed by atoms with E-state index in [2.05, 4.69) is 0 Å². The number of rotatable bonds is 5. The van der Waals surface area contributed by atoms with Gasteiger partial charge in [0, 0.05) is 11.3 Å². The monoisotopic (exact) mass is 401 g/mol. The van der Waals surface area contributed by atoms with E-state index >= 15 is 0 Å². The van der Waals surface area contributed by atoms with Gasteiger partial charge >= 0.3 is 0 Å².